The molecule has 3 aromatic rings. The zero-order valence-electron chi connectivity index (χ0n) is 19.5. The third-order valence-electron chi connectivity index (χ3n) is 5.93. The van der Waals surface area contributed by atoms with Crippen molar-refractivity contribution in [1.29, 1.82) is 0 Å². The minimum atomic E-state index is -0.341. The molecule has 170 valence electrons. The molecule has 0 fully saturated rings. The second-order valence-corrected chi connectivity index (χ2v) is 9.21. The van der Waals surface area contributed by atoms with Crippen LogP contribution < -0.4 is 15.1 Å². The Hall–Kier alpha value is -3.38. The van der Waals surface area contributed by atoms with Gasteiger partial charge in [0.05, 0.1) is 11.3 Å². The van der Waals surface area contributed by atoms with Gasteiger partial charge in [0, 0.05) is 29.3 Å². The van der Waals surface area contributed by atoms with E-state index in [1.165, 1.54) is 21.8 Å². The van der Waals surface area contributed by atoms with Gasteiger partial charge in [-0.2, -0.15) is 0 Å². The summed E-state index contributed by atoms with van der Waals surface area (Å²) in [5, 5.41) is 5.15. The summed E-state index contributed by atoms with van der Waals surface area (Å²) in [6.07, 6.45) is 0. The largest absolute Gasteiger partial charge is 0.372 e. The van der Waals surface area contributed by atoms with Crippen molar-refractivity contribution in [2.75, 3.05) is 28.2 Å². The van der Waals surface area contributed by atoms with Gasteiger partial charge in [-0.1, -0.05) is 32.0 Å². The number of carbonyl (C=O) groups excluding carboxylic acids is 2. The number of anilines is 3. The smallest absolute Gasteiger partial charge is 0.282 e. The average molecular weight is 460 g/mol. The molecule has 0 atom stereocenters. The SMILES string of the molecule is CCN(CC)c1ccc(N2C(=O)C(Nc3ccc(C(C)C)cc3)=C(c3cccs3)C2=O)cc1. The molecule has 6 heteroatoms. The molecule has 0 spiro atoms. The van der Waals surface area contributed by atoms with Crippen molar-refractivity contribution in [3.63, 3.8) is 0 Å². The second kappa shape index (κ2) is 9.63. The molecule has 1 aliphatic heterocycles. The van der Waals surface area contributed by atoms with Crippen LogP contribution in [0.2, 0.25) is 0 Å². The van der Waals surface area contributed by atoms with Crippen LogP contribution >= 0.6 is 11.3 Å². The number of amides is 2. The Morgan fingerprint density at radius 3 is 2.12 bits per heavy atom. The fourth-order valence-electron chi connectivity index (χ4n) is 4.03. The summed E-state index contributed by atoms with van der Waals surface area (Å²) >= 11 is 1.45. The summed E-state index contributed by atoms with van der Waals surface area (Å²) in [5.74, 6) is -0.226. The zero-order chi connectivity index (χ0) is 23.5. The molecule has 1 N–H and O–H groups in total. The first-order valence-electron chi connectivity index (χ1n) is 11.3. The first kappa shape index (κ1) is 22.8. The van der Waals surface area contributed by atoms with E-state index in [2.05, 4.69) is 37.9 Å². The molecule has 4 rings (SSSR count). The molecule has 2 aromatic carbocycles. The number of carbonyl (C=O) groups is 2. The molecule has 0 radical (unpaired) electrons. The molecule has 2 amide bonds. The van der Waals surface area contributed by atoms with E-state index in [4.69, 9.17) is 0 Å². The Morgan fingerprint density at radius 1 is 0.909 bits per heavy atom. The lowest BCUT2D eigenvalue weighted by molar-refractivity contribution is -0.120. The molecule has 5 nitrogen and oxygen atoms in total. The predicted octanol–water partition coefficient (Wildman–Crippen LogP) is 6.11. The average Bonchev–Trinajstić information content (AvgIpc) is 3.42. The normalized spacial score (nSPS) is 13.9. The quantitative estimate of drug-likeness (QED) is 0.413. The molecule has 0 unspecified atom stereocenters. The van der Waals surface area contributed by atoms with Crippen molar-refractivity contribution in [2.24, 2.45) is 0 Å². The summed E-state index contributed by atoms with van der Waals surface area (Å²) < 4.78 is 0. The third-order valence-corrected chi connectivity index (χ3v) is 6.82. The van der Waals surface area contributed by atoms with E-state index in [1.807, 2.05) is 66.0 Å². The molecule has 1 aliphatic rings. The highest BCUT2D eigenvalue weighted by Crippen LogP contribution is 2.36. The van der Waals surface area contributed by atoms with Crippen molar-refractivity contribution in [1.82, 2.24) is 0 Å². The Labute approximate surface area is 199 Å². The standard InChI is InChI=1S/C27H29N3O2S/c1-5-29(6-2)21-13-15-22(16-14-21)30-26(31)24(23-8-7-17-33-23)25(27(30)32)28-20-11-9-19(10-12-20)18(3)4/h7-18,28H,5-6H2,1-4H3. The van der Waals surface area contributed by atoms with Gasteiger partial charge in [-0.05, 0) is 73.2 Å². The predicted molar refractivity (Wildman–Crippen MR) is 138 cm³/mol. The van der Waals surface area contributed by atoms with Gasteiger partial charge >= 0.3 is 0 Å². The first-order valence-corrected chi connectivity index (χ1v) is 12.2. The number of hydrogen-bond acceptors (Lipinski definition) is 5. The van der Waals surface area contributed by atoms with Gasteiger partial charge in [-0.25, -0.2) is 4.90 Å². The zero-order valence-corrected chi connectivity index (χ0v) is 20.3. The maximum atomic E-state index is 13.5. The van der Waals surface area contributed by atoms with Crippen LogP contribution in [-0.4, -0.2) is 24.9 Å². The molecule has 2 heterocycles. The van der Waals surface area contributed by atoms with Crippen LogP contribution in [0.25, 0.3) is 5.57 Å². The van der Waals surface area contributed by atoms with Crippen LogP contribution in [0.1, 0.15) is 44.1 Å². The third kappa shape index (κ3) is 4.44. The van der Waals surface area contributed by atoms with Gasteiger partial charge < -0.3 is 10.2 Å². The lowest BCUT2D eigenvalue weighted by Gasteiger charge is -2.22. The summed E-state index contributed by atoms with van der Waals surface area (Å²) in [5.41, 5.74) is 4.36. The van der Waals surface area contributed by atoms with Gasteiger partial charge in [-0.15, -0.1) is 11.3 Å². The van der Waals surface area contributed by atoms with Gasteiger partial charge in [0.1, 0.15) is 5.70 Å². The number of nitrogens with zero attached hydrogens (tertiary/aromatic N) is 2. The minimum Gasteiger partial charge on any atom is -0.372 e. The van der Waals surface area contributed by atoms with E-state index in [-0.39, 0.29) is 11.8 Å². The van der Waals surface area contributed by atoms with E-state index < -0.39 is 0 Å². The van der Waals surface area contributed by atoms with Crippen LogP contribution in [0, 0.1) is 0 Å². The van der Waals surface area contributed by atoms with E-state index in [1.54, 1.807) is 0 Å². The lowest BCUT2D eigenvalue weighted by atomic mass is 10.0. The molecular weight excluding hydrogens is 430 g/mol. The number of nitrogens with one attached hydrogen (secondary N) is 1. The van der Waals surface area contributed by atoms with E-state index in [0.29, 0.717) is 22.9 Å². The number of hydrogen-bond donors (Lipinski definition) is 1. The minimum absolute atomic E-state index is 0.306. The highest BCUT2D eigenvalue weighted by molar-refractivity contribution is 7.11. The van der Waals surface area contributed by atoms with Gasteiger partial charge in [-0.3, -0.25) is 9.59 Å². The fraction of sp³-hybridized carbons (Fsp3) is 0.259. The van der Waals surface area contributed by atoms with Crippen LogP contribution in [0.15, 0.2) is 71.7 Å². The van der Waals surface area contributed by atoms with Crippen molar-refractivity contribution >= 4 is 45.8 Å². The van der Waals surface area contributed by atoms with E-state index in [9.17, 15) is 9.59 Å². The Morgan fingerprint density at radius 2 is 1.58 bits per heavy atom. The Kier molecular flexibility index (Phi) is 6.65. The van der Waals surface area contributed by atoms with Crippen LogP contribution in [0.5, 0.6) is 0 Å². The van der Waals surface area contributed by atoms with Gasteiger partial charge in [0.25, 0.3) is 11.8 Å². The number of benzene rings is 2. The topological polar surface area (TPSA) is 52.6 Å². The molecule has 0 bridgehead atoms. The second-order valence-electron chi connectivity index (χ2n) is 8.26. The lowest BCUT2D eigenvalue weighted by Crippen LogP contribution is -2.32. The van der Waals surface area contributed by atoms with Crippen LogP contribution in [-0.2, 0) is 9.59 Å². The number of rotatable bonds is 8. The van der Waals surface area contributed by atoms with Gasteiger partial charge in [0.15, 0.2) is 0 Å². The van der Waals surface area contributed by atoms with E-state index in [0.717, 1.165) is 29.3 Å². The van der Waals surface area contributed by atoms with Crippen molar-refractivity contribution in [2.45, 2.75) is 33.6 Å². The molecule has 0 saturated carbocycles. The van der Waals surface area contributed by atoms with Crippen molar-refractivity contribution in [3.8, 4) is 0 Å². The summed E-state index contributed by atoms with van der Waals surface area (Å²) in [6, 6.07) is 19.4. The van der Waals surface area contributed by atoms with Crippen LogP contribution in [0.3, 0.4) is 0 Å². The van der Waals surface area contributed by atoms with Crippen molar-refractivity contribution < 1.29 is 9.59 Å². The highest BCUT2D eigenvalue weighted by atomic mass is 32.1. The maximum absolute atomic E-state index is 13.5. The number of imide groups is 1. The summed E-state index contributed by atoms with van der Waals surface area (Å²) in [7, 11) is 0. The van der Waals surface area contributed by atoms with Gasteiger partial charge in [0.2, 0.25) is 0 Å². The summed E-state index contributed by atoms with van der Waals surface area (Å²) in [4.78, 5) is 31.3. The molecular formula is C27H29N3O2S. The Bertz CT molecular complexity index is 1160. The molecule has 0 aliphatic carbocycles. The highest BCUT2D eigenvalue weighted by Gasteiger charge is 2.40. The molecule has 1 aromatic heterocycles. The van der Waals surface area contributed by atoms with E-state index >= 15 is 0 Å². The van der Waals surface area contributed by atoms with Crippen LogP contribution in [0.4, 0.5) is 17.1 Å². The summed E-state index contributed by atoms with van der Waals surface area (Å²) in [6.45, 7) is 10.3. The monoisotopic (exact) mass is 459 g/mol. The number of thiophene rings is 1. The Balaban J connectivity index is 1.68. The first-order chi connectivity index (χ1) is 15.9. The van der Waals surface area contributed by atoms with Crippen molar-refractivity contribution in [3.05, 3.63) is 82.2 Å². The maximum Gasteiger partial charge on any atom is 0.282 e. The molecule has 33 heavy (non-hydrogen) atoms. The molecule has 0 saturated heterocycles. The fourth-order valence-corrected chi connectivity index (χ4v) is 4.79.